The minimum Gasteiger partial charge on any atom is -0.492 e. The van der Waals surface area contributed by atoms with Gasteiger partial charge in [-0.15, -0.1) is 0 Å². The molecule has 2 rings (SSSR count). The van der Waals surface area contributed by atoms with Crippen LogP contribution in [-0.4, -0.2) is 17.4 Å². The smallest absolute Gasteiger partial charge is 0.290 e. The van der Waals surface area contributed by atoms with E-state index in [1.807, 2.05) is 6.07 Å². The van der Waals surface area contributed by atoms with E-state index in [0.717, 1.165) is 25.7 Å². The third-order valence-electron chi connectivity index (χ3n) is 4.04. The van der Waals surface area contributed by atoms with Crippen LogP contribution in [0.3, 0.4) is 0 Å². The van der Waals surface area contributed by atoms with Gasteiger partial charge in [0.15, 0.2) is 5.56 Å². The number of nitro benzene ring substituents is 1. The average Bonchev–Trinajstić information content (AvgIpc) is 2.52. The van der Waals surface area contributed by atoms with Crippen molar-refractivity contribution in [1.29, 1.82) is 5.26 Å². The van der Waals surface area contributed by atoms with Gasteiger partial charge in [0.1, 0.15) is 11.8 Å². The number of amides is 1. The zero-order valence-corrected chi connectivity index (χ0v) is 12.0. The highest BCUT2D eigenvalue weighted by Gasteiger charge is 2.26. The molecule has 2 N–H and O–H groups in total. The molecule has 0 aliphatic heterocycles. The molecule has 1 aromatic carbocycles. The van der Waals surface area contributed by atoms with Crippen LogP contribution in [0.2, 0.25) is 0 Å². The molecule has 22 heavy (non-hydrogen) atoms. The molecular weight excluding hydrogens is 286 g/mol. The van der Waals surface area contributed by atoms with Crippen molar-refractivity contribution in [3.8, 4) is 11.8 Å². The molecule has 1 aromatic rings. The fraction of sp³-hybridized carbons (Fsp3) is 0.467. The van der Waals surface area contributed by atoms with Crippen LogP contribution >= 0.6 is 0 Å². The third-order valence-corrected chi connectivity index (χ3v) is 4.04. The van der Waals surface area contributed by atoms with Gasteiger partial charge in [0, 0.05) is 12.0 Å². The molecular formula is C15H17N3O4. The van der Waals surface area contributed by atoms with Crippen LogP contribution in [0, 0.1) is 33.3 Å². The van der Waals surface area contributed by atoms with E-state index in [2.05, 4.69) is 0 Å². The number of nitro groups is 1. The van der Waals surface area contributed by atoms with Gasteiger partial charge in [0.2, 0.25) is 5.91 Å². The first-order valence-electron chi connectivity index (χ1n) is 7.12. The molecule has 0 saturated heterocycles. The molecule has 1 aliphatic rings. The van der Waals surface area contributed by atoms with Crippen molar-refractivity contribution in [3.63, 3.8) is 0 Å². The van der Waals surface area contributed by atoms with Crippen LogP contribution in [0.25, 0.3) is 0 Å². The standard InChI is InChI=1S/C15H17N3O4/c16-8-12-13(18(20)21)2-1-3-14(12)22-9-10-4-6-11(7-5-10)15(17)19/h1-3,10-11H,4-7,9H2,(H2,17,19). The second-order valence-electron chi connectivity index (χ2n) is 5.45. The van der Waals surface area contributed by atoms with Gasteiger partial charge in [0.25, 0.3) is 5.69 Å². The highest BCUT2D eigenvalue weighted by atomic mass is 16.6. The van der Waals surface area contributed by atoms with Gasteiger partial charge >= 0.3 is 0 Å². The number of nitriles is 1. The minimum absolute atomic E-state index is 0.0571. The lowest BCUT2D eigenvalue weighted by Gasteiger charge is -2.26. The molecule has 7 heteroatoms. The number of hydrogen-bond acceptors (Lipinski definition) is 5. The van der Waals surface area contributed by atoms with Gasteiger partial charge in [-0.05, 0) is 37.7 Å². The van der Waals surface area contributed by atoms with E-state index in [4.69, 9.17) is 15.7 Å². The Morgan fingerprint density at radius 1 is 1.41 bits per heavy atom. The van der Waals surface area contributed by atoms with Gasteiger partial charge in [0.05, 0.1) is 11.5 Å². The number of benzene rings is 1. The van der Waals surface area contributed by atoms with Crippen LogP contribution in [0.4, 0.5) is 5.69 Å². The highest BCUT2D eigenvalue weighted by molar-refractivity contribution is 5.76. The molecule has 1 saturated carbocycles. The molecule has 0 atom stereocenters. The third kappa shape index (κ3) is 3.52. The lowest BCUT2D eigenvalue weighted by atomic mass is 9.82. The van der Waals surface area contributed by atoms with Crippen molar-refractivity contribution < 1.29 is 14.5 Å². The van der Waals surface area contributed by atoms with Crippen LogP contribution < -0.4 is 10.5 Å². The summed E-state index contributed by atoms with van der Waals surface area (Å²) in [5, 5.41) is 20.0. The van der Waals surface area contributed by atoms with E-state index in [1.54, 1.807) is 6.07 Å². The van der Waals surface area contributed by atoms with Crippen molar-refractivity contribution in [2.75, 3.05) is 6.61 Å². The molecule has 0 bridgehead atoms. The van der Waals surface area contributed by atoms with Crippen LogP contribution in [0.15, 0.2) is 18.2 Å². The predicted molar refractivity (Wildman–Crippen MR) is 77.9 cm³/mol. The Kier molecular flexibility index (Phi) is 4.94. The van der Waals surface area contributed by atoms with Gasteiger partial charge in [-0.2, -0.15) is 5.26 Å². The second-order valence-corrected chi connectivity index (χ2v) is 5.45. The molecule has 1 fully saturated rings. The first-order chi connectivity index (χ1) is 10.5. The maximum Gasteiger partial charge on any atom is 0.290 e. The Bertz CT molecular complexity index is 616. The normalized spacial score (nSPS) is 20.9. The van der Waals surface area contributed by atoms with E-state index in [-0.39, 0.29) is 34.7 Å². The SMILES string of the molecule is N#Cc1c(OCC2CCC(C(N)=O)CC2)cccc1[N+](=O)[O-]. The van der Waals surface area contributed by atoms with Crippen LogP contribution in [0.1, 0.15) is 31.2 Å². The summed E-state index contributed by atoms with van der Waals surface area (Å²) < 4.78 is 5.61. The van der Waals surface area contributed by atoms with Crippen LogP contribution in [0.5, 0.6) is 5.75 Å². The number of hydrogen-bond donors (Lipinski definition) is 1. The second kappa shape index (κ2) is 6.89. The summed E-state index contributed by atoms with van der Waals surface area (Å²) >= 11 is 0. The van der Waals surface area contributed by atoms with Gasteiger partial charge in [-0.3, -0.25) is 14.9 Å². The molecule has 1 amide bonds. The van der Waals surface area contributed by atoms with E-state index in [0.29, 0.717) is 6.61 Å². The fourth-order valence-corrected chi connectivity index (χ4v) is 2.73. The molecule has 0 heterocycles. The molecule has 0 aromatic heterocycles. The molecule has 116 valence electrons. The lowest BCUT2D eigenvalue weighted by molar-refractivity contribution is -0.385. The topological polar surface area (TPSA) is 119 Å². The minimum atomic E-state index is -0.594. The summed E-state index contributed by atoms with van der Waals surface area (Å²) in [6.45, 7) is 0.376. The first-order valence-corrected chi connectivity index (χ1v) is 7.12. The molecule has 0 unspecified atom stereocenters. The van der Waals surface area contributed by atoms with E-state index in [9.17, 15) is 14.9 Å². The molecule has 7 nitrogen and oxygen atoms in total. The van der Waals surface area contributed by atoms with Crippen molar-refractivity contribution in [1.82, 2.24) is 0 Å². The predicted octanol–water partition coefficient (Wildman–Crippen LogP) is 2.14. The summed E-state index contributed by atoms with van der Waals surface area (Å²) in [6, 6.07) is 6.16. The first kappa shape index (κ1) is 15.8. The molecule has 0 spiro atoms. The van der Waals surface area contributed by atoms with Gasteiger partial charge in [-0.1, -0.05) is 6.07 Å². The molecule has 1 aliphatic carbocycles. The monoisotopic (exact) mass is 303 g/mol. The number of carbonyl (C=O) groups is 1. The van der Waals surface area contributed by atoms with Crippen LogP contribution in [-0.2, 0) is 4.79 Å². The summed E-state index contributed by atoms with van der Waals surface area (Å²) in [7, 11) is 0. The number of ether oxygens (including phenoxy) is 1. The zero-order chi connectivity index (χ0) is 16.1. The van der Waals surface area contributed by atoms with Crippen molar-refractivity contribution in [3.05, 3.63) is 33.9 Å². The van der Waals surface area contributed by atoms with E-state index in [1.165, 1.54) is 12.1 Å². The number of nitrogens with two attached hydrogens (primary N) is 1. The quantitative estimate of drug-likeness (QED) is 0.660. The summed E-state index contributed by atoms with van der Waals surface area (Å²) in [5.74, 6) is 0.170. The van der Waals surface area contributed by atoms with Crippen molar-refractivity contribution >= 4 is 11.6 Å². The number of nitrogens with zero attached hydrogens (tertiary/aromatic N) is 2. The largest absolute Gasteiger partial charge is 0.492 e. The number of rotatable bonds is 5. The average molecular weight is 303 g/mol. The fourth-order valence-electron chi connectivity index (χ4n) is 2.73. The van der Waals surface area contributed by atoms with Crippen molar-refractivity contribution in [2.45, 2.75) is 25.7 Å². The van der Waals surface area contributed by atoms with E-state index >= 15 is 0 Å². The summed E-state index contributed by atoms with van der Waals surface area (Å²) in [5.41, 5.74) is 4.98. The summed E-state index contributed by atoms with van der Waals surface area (Å²) in [6.07, 6.45) is 3.13. The Balaban J connectivity index is 1.98. The van der Waals surface area contributed by atoms with Gasteiger partial charge in [-0.25, -0.2) is 0 Å². The number of carbonyl (C=O) groups excluding carboxylic acids is 1. The Morgan fingerprint density at radius 3 is 2.64 bits per heavy atom. The van der Waals surface area contributed by atoms with Crippen molar-refractivity contribution in [2.24, 2.45) is 17.6 Å². The maximum atomic E-state index is 11.1. The Labute approximate surface area is 127 Å². The maximum absolute atomic E-state index is 11.1. The summed E-state index contributed by atoms with van der Waals surface area (Å²) in [4.78, 5) is 21.4. The Morgan fingerprint density at radius 2 is 2.09 bits per heavy atom. The number of primary amides is 1. The lowest BCUT2D eigenvalue weighted by Crippen LogP contribution is -2.29. The molecule has 0 radical (unpaired) electrons. The van der Waals surface area contributed by atoms with E-state index < -0.39 is 4.92 Å². The highest BCUT2D eigenvalue weighted by Crippen LogP contribution is 2.31. The van der Waals surface area contributed by atoms with Gasteiger partial charge < -0.3 is 10.5 Å². The Hall–Kier alpha value is -2.62. The zero-order valence-electron chi connectivity index (χ0n) is 12.0.